The van der Waals surface area contributed by atoms with Gasteiger partial charge in [0.15, 0.2) is 0 Å². The Hall–Kier alpha value is -0.250. The van der Waals surface area contributed by atoms with E-state index in [9.17, 15) is 0 Å². The van der Waals surface area contributed by atoms with Crippen molar-refractivity contribution in [2.45, 2.75) is 5.37 Å². The molecule has 0 amide bonds. The number of nitrogens with one attached hydrogen (secondary N) is 1. The standard InChI is InChI=1S/C2H5N3S/c6-2-1-3-5-4-2/h2,6H,1H2,(H,3,4). The topological polar surface area (TPSA) is 36.8 Å². The second-order valence-corrected chi connectivity index (χ2v) is 1.69. The third kappa shape index (κ3) is 0.622. The smallest absolute Gasteiger partial charge is 0.109 e. The first-order valence-electron chi connectivity index (χ1n) is 1.69. The second kappa shape index (κ2) is 1.47. The fraction of sp³-hybridized carbons (Fsp3) is 1.00. The van der Waals surface area contributed by atoms with E-state index in [-0.39, 0.29) is 5.37 Å². The monoisotopic (exact) mass is 103 g/mol. The zero-order valence-corrected chi connectivity index (χ0v) is 4.02. The van der Waals surface area contributed by atoms with Crippen LogP contribution in [0.4, 0.5) is 0 Å². The first-order chi connectivity index (χ1) is 2.89. The maximum atomic E-state index is 3.99. The molecule has 0 spiro atoms. The molecule has 0 aromatic heterocycles. The SMILES string of the molecule is SC1CN=NN1. The largest absolute Gasteiger partial charge is 0.277 e. The van der Waals surface area contributed by atoms with E-state index >= 15 is 0 Å². The highest BCUT2D eigenvalue weighted by atomic mass is 32.1. The van der Waals surface area contributed by atoms with Crippen LogP contribution in [-0.2, 0) is 0 Å². The van der Waals surface area contributed by atoms with Gasteiger partial charge in [0.2, 0.25) is 0 Å². The van der Waals surface area contributed by atoms with Crippen LogP contribution in [0.3, 0.4) is 0 Å². The van der Waals surface area contributed by atoms with Gasteiger partial charge in [-0.05, 0) is 0 Å². The van der Waals surface area contributed by atoms with E-state index < -0.39 is 0 Å². The van der Waals surface area contributed by atoms with Crippen LogP contribution in [0.15, 0.2) is 10.3 Å². The highest BCUT2D eigenvalue weighted by Crippen LogP contribution is 1.96. The Morgan fingerprint density at radius 1 is 1.83 bits per heavy atom. The zero-order valence-electron chi connectivity index (χ0n) is 3.13. The van der Waals surface area contributed by atoms with Gasteiger partial charge >= 0.3 is 0 Å². The predicted molar refractivity (Wildman–Crippen MR) is 25.6 cm³/mol. The van der Waals surface area contributed by atoms with E-state index in [0.29, 0.717) is 6.54 Å². The van der Waals surface area contributed by atoms with E-state index in [1.807, 2.05) is 0 Å². The number of hydrogen-bond acceptors (Lipinski definition) is 4. The molecule has 1 heterocycles. The third-order valence-electron chi connectivity index (χ3n) is 0.532. The molecule has 0 aromatic rings. The Morgan fingerprint density at radius 2 is 2.67 bits per heavy atom. The second-order valence-electron chi connectivity index (χ2n) is 1.07. The molecule has 0 aromatic carbocycles. The number of hydrogen-bond donors (Lipinski definition) is 2. The molecule has 4 heteroatoms. The molecule has 1 N–H and O–H groups in total. The van der Waals surface area contributed by atoms with Gasteiger partial charge in [0.05, 0.1) is 6.54 Å². The molecular formula is C2H5N3S. The van der Waals surface area contributed by atoms with E-state index in [1.165, 1.54) is 0 Å². The average molecular weight is 103 g/mol. The summed E-state index contributed by atoms with van der Waals surface area (Å²) in [6.45, 7) is 0.698. The summed E-state index contributed by atoms with van der Waals surface area (Å²) >= 11 is 3.99. The summed E-state index contributed by atoms with van der Waals surface area (Å²) in [5, 5.41) is 7.22. The predicted octanol–water partition coefficient (Wildman–Crippen LogP) is 0.213. The van der Waals surface area contributed by atoms with E-state index in [0.717, 1.165) is 0 Å². The van der Waals surface area contributed by atoms with Crippen molar-refractivity contribution in [3.8, 4) is 0 Å². The van der Waals surface area contributed by atoms with Gasteiger partial charge in [0.25, 0.3) is 0 Å². The summed E-state index contributed by atoms with van der Waals surface area (Å²) in [6.07, 6.45) is 0. The minimum atomic E-state index is 0.157. The van der Waals surface area contributed by atoms with Crippen molar-refractivity contribution in [3.05, 3.63) is 0 Å². The molecule has 6 heavy (non-hydrogen) atoms. The van der Waals surface area contributed by atoms with Crippen molar-refractivity contribution < 1.29 is 0 Å². The Kier molecular flexibility index (Phi) is 0.959. The van der Waals surface area contributed by atoms with Gasteiger partial charge in [0.1, 0.15) is 5.37 Å². The molecular weight excluding hydrogens is 98.1 g/mol. The fourth-order valence-corrected chi connectivity index (χ4v) is 0.391. The molecule has 0 fully saturated rings. The average Bonchev–Trinajstić information content (AvgIpc) is 1.86. The van der Waals surface area contributed by atoms with Gasteiger partial charge in [-0.3, -0.25) is 5.43 Å². The Bertz CT molecular complexity index is 63.2. The minimum Gasteiger partial charge on any atom is -0.277 e. The summed E-state index contributed by atoms with van der Waals surface area (Å²) in [5.41, 5.74) is 2.64. The molecule has 0 saturated carbocycles. The molecule has 1 unspecified atom stereocenters. The minimum absolute atomic E-state index is 0.157. The quantitative estimate of drug-likeness (QED) is 0.422. The Labute approximate surface area is 41.2 Å². The van der Waals surface area contributed by atoms with Crippen LogP contribution in [0.1, 0.15) is 0 Å². The normalized spacial score (nSPS) is 30.5. The number of rotatable bonds is 0. The summed E-state index contributed by atoms with van der Waals surface area (Å²) in [7, 11) is 0. The van der Waals surface area contributed by atoms with Crippen LogP contribution in [0.2, 0.25) is 0 Å². The molecule has 0 bridgehead atoms. The van der Waals surface area contributed by atoms with Gasteiger partial charge < -0.3 is 0 Å². The molecule has 34 valence electrons. The number of nitrogens with zero attached hydrogens (tertiary/aromatic N) is 2. The first-order valence-corrected chi connectivity index (χ1v) is 2.21. The lowest BCUT2D eigenvalue weighted by atomic mass is 10.7. The molecule has 0 radical (unpaired) electrons. The van der Waals surface area contributed by atoms with Crippen molar-refractivity contribution in [1.82, 2.24) is 5.43 Å². The maximum Gasteiger partial charge on any atom is 0.109 e. The van der Waals surface area contributed by atoms with E-state index in [4.69, 9.17) is 0 Å². The zero-order chi connectivity index (χ0) is 4.41. The highest BCUT2D eigenvalue weighted by molar-refractivity contribution is 7.80. The summed E-state index contributed by atoms with van der Waals surface area (Å²) in [4.78, 5) is 0. The molecule has 0 saturated heterocycles. The van der Waals surface area contributed by atoms with Gasteiger partial charge in [-0.1, -0.05) is 5.22 Å². The summed E-state index contributed by atoms with van der Waals surface area (Å²) < 4.78 is 0. The molecule has 3 nitrogen and oxygen atoms in total. The van der Waals surface area contributed by atoms with Crippen molar-refractivity contribution in [2.24, 2.45) is 10.3 Å². The van der Waals surface area contributed by atoms with Crippen molar-refractivity contribution in [2.75, 3.05) is 6.54 Å². The van der Waals surface area contributed by atoms with Gasteiger partial charge in [-0.25, -0.2) is 0 Å². The maximum absolute atomic E-state index is 3.99. The van der Waals surface area contributed by atoms with Crippen LogP contribution in [0.25, 0.3) is 0 Å². The molecule has 1 atom stereocenters. The van der Waals surface area contributed by atoms with Crippen molar-refractivity contribution in [1.29, 1.82) is 0 Å². The molecule has 1 aliphatic heterocycles. The van der Waals surface area contributed by atoms with E-state index in [1.54, 1.807) is 0 Å². The highest BCUT2D eigenvalue weighted by Gasteiger charge is 2.02. The van der Waals surface area contributed by atoms with Crippen LogP contribution in [0.5, 0.6) is 0 Å². The lowest BCUT2D eigenvalue weighted by Gasteiger charge is -1.91. The summed E-state index contributed by atoms with van der Waals surface area (Å²) in [6, 6.07) is 0. The molecule has 1 rings (SSSR count). The Morgan fingerprint density at radius 3 is 2.83 bits per heavy atom. The fourth-order valence-electron chi connectivity index (χ4n) is 0.266. The summed E-state index contributed by atoms with van der Waals surface area (Å²) in [5.74, 6) is 0. The van der Waals surface area contributed by atoms with Crippen LogP contribution < -0.4 is 5.43 Å². The Balaban J connectivity index is 2.32. The first kappa shape index (κ1) is 3.92. The third-order valence-corrected chi connectivity index (χ3v) is 0.811. The lowest BCUT2D eigenvalue weighted by molar-refractivity contribution is 0.787. The number of thiol groups is 1. The van der Waals surface area contributed by atoms with Gasteiger partial charge in [-0.15, -0.1) is 0 Å². The van der Waals surface area contributed by atoms with Crippen molar-refractivity contribution in [3.63, 3.8) is 0 Å². The van der Waals surface area contributed by atoms with Crippen LogP contribution >= 0.6 is 12.6 Å². The van der Waals surface area contributed by atoms with Gasteiger partial charge in [0, 0.05) is 0 Å². The van der Waals surface area contributed by atoms with Crippen LogP contribution in [0, 0.1) is 0 Å². The molecule has 1 aliphatic rings. The van der Waals surface area contributed by atoms with Gasteiger partial charge in [-0.2, -0.15) is 17.7 Å². The van der Waals surface area contributed by atoms with E-state index in [2.05, 4.69) is 28.4 Å². The lowest BCUT2D eigenvalue weighted by Crippen LogP contribution is -2.13. The van der Waals surface area contributed by atoms with Crippen LogP contribution in [-0.4, -0.2) is 11.9 Å². The molecule has 0 aliphatic carbocycles. The van der Waals surface area contributed by atoms with Crippen molar-refractivity contribution >= 4 is 12.6 Å².